The van der Waals surface area contributed by atoms with Crippen molar-refractivity contribution in [1.82, 2.24) is 15.2 Å². The van der Waals surface area contributed by atoms with Gasteiger partial charge in [0.25, 0.3) is 0 Å². The third-order valence-electron chi connectivity index (χ3n) is 3.11. The van der Waals surface area contributed by atoms with Crippen molar-refractivity contribution in [2.75, 3.05) is 18.2 Å². The molecule has 0 aliphatic carbocycles. The second kappa shape index (κ2) is 6.09. The van der Waals surface area contributed by atoms with Crippen LogP contribution in [0.3, 0.4) is 0 Å². The number of nitrogens with one attached hydrogen (secondary N) is 1. The molecule has 0 saturated heterocycles. The average molecular weight is 293 g/mol. The lowest BCUT2D eigenvalue weighted by Crippen LogP contribution is -2.05. The zero-order chi connectivity index (χ0) is 15.4. The van der Waals surface area contributed by atoms with Crippen molar-refractivity contribution in [2.45, 2.75) is 0 Å². The van der Waals surface area contributed by atoms with Gasteiger partial charge in [-0.2, -0.15) is 0 Å². The molecular weight excluding hydrogens is 278 g/mol. The Morgan fingerprint density at radius 1 is 0.955 bits per heavy atom. The Bertz CT molecular complexity index is 776. The van der Waals surface area contributed by atoms with Crippen molar-refractivity contribution in [2.24, 2.45) is 0 Å². The fourth-order valence-corrected chi connectivity index (χ4v) is 2.06. The van der Waals surface area contributed by atoms with E-state index in [4.69, 9.17) is 10.5 Å². The van der Waals surface area contributed by atoms with Crippen molar-refractivity contribution in [3.05, 3.63) is 54.6 Å². The van der Waals surface area contributed by atoms with Crippen LogP contribution in [0.5, 0.6) is 5.75 Å². The Balaban J connectivity index is 1.96. The third-order valence-corrected chi connectivity index (χ3v) is 3.11. The van der Waals surface area contributed by atoms with Crippen molar-refractivity contribution >= 4 is 17.5 Å². The Labute approximate surface area is 128 Å². The van der Waals surface area contributed by atoms with Crippen LogP contribution in [0.1, 0.15) is 0 Å². The SMILES string of the molecule is COc1ccccc1Nc1nnc(N)c(-c2ccccc2)n1. The number of ether oxygens (including phenoxy) is 1. The molecule has 22 heavy (non-hydrogen) atoms. The highest BCUT2D eigenvalue weighted by Crippen LogP contribution is 2.27. The number of para-hydroxylation sites is 2. The Morgan fingerprint density at radius 2 is 1.68 bits per heavy atom. The summed E-state index contributed by atoms with van der Waals surface area (Å²) >= 11 is 0. The number of nitrogens with zero attached hydrogens (tertiary/aromatic N) is 3. The molecule has 3 aromatic rings. The van der Waals surface area contributed by atoms with Crippen LogP contribution in [0.2, 0.25) is 0 Å². The van der Waals surface area contributed by atoms with Gasteiger partial charge in [0.05, 0.1) is 12.8 Å². The number of hydrogen-bond donors (Lipinski definition) is 2. The summed E-state index contributed by atoms with van der Waals surface area (Å²) < 4.78 is 5.29. The van der Waals surface area contributed by atoms with Crippen molar-refractivity contribution in [3.8, 4) is 17.0 Å². The van der Waals surface area contributed by atoms with Gasteiger partial charge in [0.15, 0.2) is 5.82 Å². The first-order valence-electron chi connectivity index (χ1n) is 6.73. The van der Waals surface area contributed by atoms with Gasteiger partial charge in [-0.25, -0.2) is 4.98 Å². The number of nitrogen functional groups attached to an aromatic ring is 1. The highest BCUT2D eigenvalue weighted by Gasteiger charge is 2.10. The summed E-state index contributed by atoms with van der Waals surface area (Å²) in [6.45, 7) is 0. The van der Waals surface area contributed by atoms with Gasteiger partial charge in [-0.15, -0.1) is 10.2 Å². The number of benzene rings is 2. The molecule has 6 nitrogen and oxygen atoms in total. The molecular formula is C16H15N5O. The first kappa shape index (κ1) is 13.8. The van der Waals surface area contributed by atoms with Gasteiger partial charge in [0.1, 0.15) is 11.4 Å². The van der Waals surface area contributed by atoms with E-state index in [0.717, 1.165) is 11.3 Å². The molecule has 0 fully saturated rings. The molecule has 0 aliphatic heterocycles. The largest absolute Gasteiger partial charge is 0.495 e. The predicted octanol–water partition coefficient (Wildman–Crippen LogP) is 2.87. The predicted molar refractivity (Wildman–Crippen MR) is 86.0 cm³/mol. The van der Waals surface area contributed by atoms with Gasteiger partial charge in [-0.3, -0.25) is 0 Å². The van der Waals surface area contributed by atoms with Gasteiger partial charge in [-0.1, -0.05) is 42.5 Å². The molecule has 2 aromatic carbocycles. The molecule has 110 valence electrons. The van der Waals surface area contributed by atoms with Gasteiger partial charge >= 0.3 is 0 Å². The van der Waals surface area contributed by atoms with Crippen LogP contribution in [-0.2, 0) is 0 Å². The highest BCUT2D eigenvalue weighted by molar-refractivity contribution is 5.71. The quantitative estimate of drug-likeness (QED) is 0.769. The fourth-order valence-electron chi connectivity index (χ4n) is 2.06. The molecule has 6 heteroatoms. The smallest absolute Gasteiger partial charge is 0.248 e. The van der Waals surface area contributed by atoms with Gasteiger partial charge in [0.2, 0.25) is 5.95 Å². The normalized spacial score (nSPS) is 10.2. The number of aromatic nitrogens is 3. The molecule has 0 saturated carbocycles. The molecule has 1 aromatic heterocycles. The maximum Gasteiger partial charge on any atom is 0.248 e. The van der Waals surface area contributed by atoms with E-state index in [1.807, 2.05) is 54.6 Å². The van der Waals surface area contributed by atoms with Crippen LogP contribution in [0.4, 0.5) is 17.5 Å². The van der Waals surface area contributed by atoms with E-state index in [1.54, 1.807) is 7.11 Å². The number of rotatable bonds is 4. The number of nitrogens with two attached hydrogens (primary N) is 1. The summed E-state index contributed by atoms with van der Waals surface area (Å²) in [7, 11) is 1.61. The van der Waals surface area contributed by atoms with E-state index in [0.29, 0.717) is 17.4 Å². The first-order valence-corrected chi connectivity index (χ1v) is 6.73. The van der Waals surface area contributed by atoms with Crippen LogP contribution in [0, 0.1) is 0 Å². The molecule has 0 unspecified atom stereocenters. The minimum absolute atomic E-state index is 0.289. The van der Waals surface area contributed by atoms with Crippen molar-refractivity contribution < 1.29 is 4.74 Å². The number of methoxy groups -OCH3 is 1. The fraction of sp³-hybridized carbons (Fsp3) is 0.0625. The second-order valence-electron chi connectivity index (χ2n) is 4.56. The van der Waals surface area contributed by atoms with Crippen molar-refractivity contribution in [1.29, 1.82) is 0 Å². The standard InChI is InChI=1S/C16H15N5O/c1-22-13-10-6-5-9-12(13)18-16-19-14(15(17)20-21-16)11-7-3-2-4-8-11/h2-10H,1H3,(H2,17,20)(H,18,19,21). The molecule has 0 amide bonds. The summed E-state index contributed by atoms with van der Waals surface area (Å²) in [6.07, 6.45) is 0. The van der Waals surface area contributed by atoms with Gasteiger partial charge in [-0.05, 0) is 12.1 Å². The molecule has 0 aliphatic rings. The lowest BCUT2D eigenvalue weighted by atomic mass is 10.1. The van der Waals surface area contributed by atoms with Crippen LogP contribution in [0.25, 0.3) is 11.3 Å². The zero-order valence-electron chi connectivity index (χ0n) is 12.0. The van der Waals surface area contributed by atoms with Crippen LogP contribution >= 0.6 is 0 Å². The van der Waals surface area contributed by atoms with E-state index < -0.39 is 0 Å². The summed E-state index contributed by atoms with van der Waals surface area (Å²) in [5, 5.41) is 11.0. The number of anilines is 3. The third kappa shape index (κ3) is 2.80. The highest BCUT2D eigenvalue weighted by atomic mass is 16.5. The van der Waals surface area contributed by atoms with E-state index >= 15 is 0 Å². The molecule has 0 atom stereocenters. The number of hydrogen-bond acceptors (Lipinski definition) is 6. The maximum absolute atomic E-state index is 5.88. The second-order valence-corrected chi connectivity index (χ2v) is 4.56. The topological polar surface area (TPSA) is 86.0 Å². The summed E-state index contributed by atoms with van der Waals surface area (Å²) in [5.41, 5.74) is 8.12. The molecule has 0 radical (unpaired) electrons. The molecule has 3 rings (SSSR count). The van der Waals surface area contributed by atoms with E-state index in [9.17, 15) is 0 Å². The van der Waals surface area contributed by atoms with E-state index in [2.05, 4.69) is 20.5 Å². The lowest BCUT2D eigenvalue weighted by Gasteiger charge is -2.10. The lowest BCUT2D eigenvalue weighted by molar-refractivity contribution is 0.417. The summed E-state index contributed by atoms with van der Waals surface area (Å²) in [4.78, 5) is 4.45. The monoisotopic (exact) mass is 293 g/mol. The van der Waals surface area contributed by atoms with Gasteiger partial charge in [0, 0.05) is 5.56 Å². The average Bonchev–Trinajstić information content (AvgIpc) is 2.58. The zero-order valence-corrected chi connectivity index (χ0v) is 12.0. The van der Waals surface area contributed by atoms with Crippen LogP contribution < -0.4 is 15.8 Å². The van der Waals surface area contributed by atoms with Crippen LogP contribution in [-0.4, -0.2) is 22.3 Å². The summed E-state index contributed by atoms with van der Waals surface area (Å²) in [6, 6.07) is 17.1. The minimum atomic E-state index is 0.289. The first-order chi connectivity index (χ1) is 10.8. The van der Waals surface area contributed by atoms with E-state index in [-0.39, 0.29) is 5.82 Å². The van der Waals surface area contributed by atoms with E-state index in [1.165, 1.54) is 0 Å². The Morgan fingerprint density at radius 3 is 2.45 bits per heavy atom. The molecule has 0 spiro atoms. The molecule has 3 N–H and O–H groups in total. The van der Waals surface area contributed by atoms with Gasteiger partial charge < -0.3 is 15.8 Å². The minimum Gasteiger partial charge on any atom is -0.495 e. The Kier molecular flexibility index (Phi) is 3.82. The maximum atomic E-state index is 5.88. The van der Waals surface area contributed by atoms with Crippen molar-refractivity contribution in [3.63, 3.8) is 0 Å². The molecule has 0 bridgehead atoms. The Hall–Kier alpha value is -3.15. The summed E-state index contributed by atoms with van der Waals surface area (Å²) in [5.74, 6) is 1.35. The molecule has 1 heterocycles. The van der Waals surface area contributed by atoms with Crippen LogP contribution in [0.15, 0.2) is 54.6 Å².